The maximum absolute atomic E-state index is 13.2. The summed E-state index contributed by atoms with van der Waals surface area (Å²) in [5.41, 5.74) is 4.13. The number of rotatable bonds is 8. The second kappa shape index (κ2) is 9.67. The number of aryl methyl sites for hydroxylation is 2. The standard InChI is InChI=1S/C28H28FN3O2/c1-20-6-4-7-24(16-20)34-15-5-14-32-26-9-3-2-8-25(26)30-28(32)22-17-27(33)31(19-22)18-21-10-12-23(29)13-11-21/h2-4,6-13,16,22H,5,14-15,17-19H2,1H3. The molecule has 1 aliphatic heterocycles. The zero-order chi connectivity index (χ0) is 23.5. The lowest BCUT2D eigenvalue weighted by molar-refractivity contribution is -0.128. The zero-order valence-corrected chi connectivity index (χ0v) is 19.3. The average molecular weight is 458 g/mol. The van der Waals surface area contributed by atoms with Crippen molar-refractivity contribution in [3.63, 3.8) is 0 Å². The first-order valence-electron chi connectivity index (χ1n) is 11.7. The van der Waals surface area contributed by atoms with Gasteiger partial charge < -0.3 is 14.2 Å². The fourth-order valence-corrected chi connectivity index (χ4v) is 4.67. The molecule has 1 unspecified atom stereocenters. The number of imidazole rings is 1. The van der Waals surface area contributed by atoms with Gasteiger partial charge in [-0.1, -0.05) is 36.4 Å². The number of hydrogen-bond acceptors (Lipinski definition) is 3. The summed E-state index contributed by atoms with van der Waals surface area (Å²) in [7, 11) is 0. The van der Waals surface area contributed by atoms with Gasteiger partial charge in [-0.25, -0.2) is 9.37 Å². The predicted octanol–water partition coefficient (Wildman–Crippen LogP) is 5.47. The van der Waals surface area contributed by atoms with E-state index in [0.29, 0.717) is 26.1 Å². The summed E-state index contributed by atoms with van der Waals surface area (Å²) in [4.78, 5) is 19.6. The van der Waals surface area contributed by atoms with Crippen molar-refractivity contribution in [3.05, 3.63) is 95.6 Å². The Balaban J connectivity index is 1.30. The molecule has 1 atom stereocenters. The van der Waals surface area contributed by atoms with Crippen LogP contribution < -0.4 is 4.74 Å². The van der Waals surface area contributed by atoms with Crippen molar-refractivity contribution in [2.45, 2.75) is 38.8 Å². The van der Waals surface area contributed by atoms with E-state index in [1.54, 1.807) is 12.1 Å². The lowest BCUT2D eigenvalue weighted by Gasteiger charge is -2.17. The van der Waals surface area contributed by atoms with Gasteiger partial charge in [0.15, 0.2) is 0 Å². The predicted molar refractivity (Wildman–Crippen MR) is 130 cm³/mol. The quantitative estimate of drug-likeness (QED) is 0.330. The maximum Gasteiger partial charge on any atom is 0.223 e. The van der Waals surface area contributed by atoms with Crippen molar-refractivity contribution in [2.24, 2.45) is 0 Å². The Kier molecular flexibility index (Phi) is 6.30. The van der Waals surface area contributed by atoms with E-state index in [2.05, 4.69) is 23.6 Å². The molecule has 0 radical (unpaired) electrons. The Morgan fingerprint density at radius 2 is 1.88 bits per heavy atom. The van der Waals surface area contributed by atoms with Crippen LogP contribution in [0.4, 0.5) is 4.39 Å². The van der Waals surface area contributed by atoms with Gasteiger partial charge in [0.2, 0.25) is 5.91 Å². The Hall–Kier alpha value is -3.67. The van der Waals surface area contributed by atoms with E-state index in [1.807, 2.05) is 41.3 Å². The normalized spacial score (nSPS) is 15.9. The zero-order valence-electron chi connectivity index (χ0n) is 19.3. The molecule has 0 aliphatic carbocycles. The van der Waals surface area contributed by atoms with Crippen molar-refractivity contribution in [1.29, 1.82) is 0 Å². The molecule has 0 spiro atoms. The first-order valence-corrected chi connectivity index (χ1v) is 11.7. The molecule has 3 aromatic carbocycles. The molecule has 2 heterocycles. The number of halogens is 1. The van der Waals surface area contributed by atoms with Crippen LogP contribution in [0.3, 0.4) is 0 Å². The highest BCUT2D eigenvalue weighted by Crippen LogP contribution is 2.31. The molecular formula is C28H28FN3O2. The topological polar surface area (TPSA) is 47.4 Å². The molecule has 34 heavy (non-hydrogen) atoms. The number of hydrogen-bond donors (Lipinski definition) is 0. The highest BCUT2D eigenvalue weighted by Gasteiger charge is 2.33. The van der Waals surface area contributed by atoms with E-state index in [4.69, 9.17) is 9.72 Å². The van der Waals surface area contributed by atoms with Crippen molar-refractivity contribution in [2.75, 3.05) is 13.2 Å². The lowest BCUT2D eigenvalue weighted by Crippen LogP contribution is -2.24. The minimum atomic E-state index is -0.269. The molecule has 0 N–H and O–H groups in total. The van der Waals surface area contributed by atoms with E-state index < -0.39 is 0 Å². The molecule has 1 aromatic heterocycles. The molecule has 174 valence electrons. The summed E-state index contributed by atoms with van der Waals surface area (Å²) in [5.74, 6) is 1.70. The lowest BCUT2D eigenvalue weighted by atomic mass is 10.1. The summed E-state index contributed by atoms with van der Waals surface area (Å²) in [6.07, 6.45) is 1.27. The van der Waals surface area contributed by atoms with Crippen LogP contribution in [0.15, 0.2) is 72.8 Å². The SMILES string of the molecule is Cc1cccc(OCCCn2c(C3CC(=O)N(Cc4ccc(F)cc4)C3)nc3ccccc32)c1. The second-order valence-electron chi connectivity index (χ2n) is 8.93. The molecule has 0 saturated carbocycles. The summed E-state index contributed by atoms with van der Waals surface area (Å²) < 4.78 is 21.4. The maximum atomic E-state index is 13.2. The van der Waals surface area contributed by atoms with Crippen LogP contribution in [-0.4, -0.2) is 33.5 Å². The van der Waals surface area contributed by atoms with Gasteiger partial charge in [0.25, 0.3) is 0 Å². The minimum absolute atomic E-state index is 0.0260. The molecule has 4 aromatic rings. The number of para-hydroxylation sites is 2. The first-order chi connectivity index (χ1) is 16.6. The van der Waals surface area contributed by atoms with Crippen molar-refractivity contribution in [1.82, 2.24) is 14.5 Å². The molecule has 5 nitrogen and oxygen atoms in total. The third kappa shape index (κ3) is 4.81. The Morgan fingerprint density at radius 1 is 1.06 bits per heavy atom. The van der Waals surface area contributed by atoms with Crippen LogP contribution >= 0.6 is 0 Å². The fraction of sp³-hybridized carbons (Fsp3) is 0.286. The van der Waals surface area contributed by atoms with Gasteiger partial charge in [-0.15, -0.1) is 0 Å². The number of fused-ring (bicyclic) bond motifs is 1. The highest BCUT2D eigenvalue weighted by atomic mass is 19.1. The number of aromatic nitrogens is 2. The molecular weight excluding hydrogens is 429 g/mol. The molecule has 5 rings (SSSR count). The number of nitrogens with zero attached hydrogens (tertiary/aromatic N) is 3. The van der Waals surface area contributed by atoms with Gasteiger partial charge in [0.05, 0.1) is 17.6 Å². The number of benzene rings is 3. The van der Waals surface area contributed by atoms with Gasteiger partial charge >= 0.3 is 0 Å². The fourth-order valence-electron chi connectivity index (χ4n) is 4.67. The van der Waals surface area contributed by atoms with E-state index >= 15 is 0 Å². The van der Waals surface area contributed by atoms with Gasteiger partial charge in [-0.05, 0) is 60.9 Å². The molecule has 0 bridgehead atoms. The number of amides is 1. The van der Waals surface area contributed by atoms with Gasteiger partial charge in [-0.2, -0.15) is 0 Å². The average Bonchev–Trinajstić information content (AvgIpc) is 3.38. The van der Waals surface area contributed by atoms with Crippen LogP contribution in [0.2, 0.25) is 0 Å². The van der Waals surface area contributed by atoms with Crippen LogP contribution in [-0.2, 0) is 17.9 Å². The summed E-state index contributed by atoms with van der Waals surface area (Å²) >= 11 is 0. The first kappa shape index (κ1) is 22.1. The van der Waals surface area contributed by atoms with Crippen molar-refractivity contribution in [3.8, 4) is 5.75 Å². The molecule has 1 amide bonds. The summed E-state index contributed by atoms with van der Waals surface area (Å²) in [6, 6.07) is 22.5. The number of ether oxygens (including phenoxy) is 1. The molecule has 1 saturated heterocycles. The van der Waals surface area contributed by atoms with E-state index in [9.17, 15) is 9.18 Å². The van der Waals surface area contributed by atoms with Crippen LogP contribution in [0.5, 0.6) is 5.75 Å². The van der Waals surface area contributed by atoms with E-state index in [0.717, 1.165) is 41.1 Å². The number of carbonyl (C=O) groups excluding carboxylic acids is 1. The van der Waals surface area contributed by atoms with Crippen molar-refractivity contribution < 1.29 is 13.9 Å². The van der Waals surface area contributed by atoms with E-state index in [-0.39, 0.29) is 17.6 Å². The van der Waals surface area contributed by atoms with Gasteiger partial charge in [0.1, 0.15) is 17.4 Å². The van der Waals surface area contributed by atoms with Crippen LogP contribution in [0, 0.1) is 12.7 Å². The number of likely N-dealkylation sites (tertiary alicyclic amines) is 1. The van der Waals surface area contributed by atoms with Gasteiger partial charge in [0, 0.05) is 32.0 Å². The number of carbonyl (C=O) groups is 1. The molecule has 1 fully saturated rings. The highest BCUT2D eigenvalue weighted by molar-refractivity contribution is 5.81. The smallest absolute Gasteiger partial charge is 0.223 e. The van der Waals surface area contributed by atoms with E-state index in [1.165, 1.54) is 17.7 Å². The Labute approximate surface area is 198 Å². The summed E-state index contributed by atoms with van der Waals surface area (Å²) in [5, 5.41) is 0. The molecule has 1 aliphatic rings. The Bertz CT molecular complexity index is 1300. The van der Waals surface area contributed by atoms with Crippen LogP contribution in [0.1, 0.15) is 35.7 Å². The third-order valence-corrected chi connectivity index (χ3v) is 6.33. The minimum Gasteiger partial charge on any atom is -0.494 e. The largest absolute Gasteiger partial charge is 0.494 e. The second-order valence-corrected chi connectivity index (χ2v) is 8.93. The van der Waals surface area contributed by atoms with Crippen LogP contribution in [0.25, 0.3) is 11.0 Å². The monoisotopic (exact) mass is 457 g/mol. The van der Waals surface area contributed by atoms with Crippen molar-refractivity contribution >= 4 is 16.9 Å². The summed E-state index contributed by atoms with van der Waals surface area (Å²) in [6.45, 7) is 4.53. The van der Waals surface area contributed by atoms with Gasteiger partial charge in [-0.3, -0.25) is 4.79 Å². The molecule has 6 heteroatoms. The Morgan fingerprint density at radius 3 is 2.71 bits per heavy atom. The third-order valence-electron chi connectivity index (χ3n) is 6.33.